The molecule has 4 heteroatoms. The van der Waals surface area contributed by atoms with E-state index in [1.54, 1.807) is 4.90 Å². The first kappa shape index (κ1) is 13.5. The molecule has 1 aliphatic rings. The fourth-order valence-corrected chi connectivity index (χ4v) is 2.38. The van der Waals surface area contributed by atoms with Crippen molar-refractivity contribution in [2.24, 2.45) is 5.73 Å². The van der Waals surface area contributed by atoms with Crippen LogP contribution in [0.3, 0.4) is 0 Å². The second kappa shape index (κ2) is 6.21. The molecule has 1 fully saturated rings. The molecule has 4 nitrogen and oxygen atoms in total. The Hall–Kier alpha value is -0.610. The summed E-state index contributed by atoms with van der Waals surface area (Å²) in [6.45, 7) is 7.19. The zero-order chi connectivity index (χ0) is 12.1. The Morgan fingerprint density at radius 3 is 2.81 bits per heavy atom. The van der Waals surface area contributed by atoms with Crippen molar-refractivity contribution < 1.29 is 4.79 Å². The van der Waals surface area contributed by atoms with Crippen LogP contribution in [0.1, 0.15) is 33.1 Å². The smallest absolute Gasteiger partial charge is 0.239 e. The molecular formula is C12H25N3O. The van der Waals surface area contributed by atoms with Crippen molar-refractivity contribution in [2.75, 3.05) is 26.7 Å². The maximum Gasteiger partial charge on any atom is 0.239 e. The lowest BCUT2D eigenvalue weighted by atomic mass is 10.1. The summed E-state index contributed by atoms with van der Waals surface area (Å²) in [4.78, 5) is 16.1. The quantitative estimate of drug-likeness (QED) is 0.751. The molecule has 1 heterocycles. The Morgan fingerprint density at radius 2 is 2.25 bits per heavy atom. The van der Waals surface area contributed by atoms with Crippen molar-refractivity contribution in [2.45, 2.75) is 45.2 Å². The summed E-state index contributed by atoms with van der Waals surface area (Å²) in [5, 5.41) is 0. The first-order valence-electron chi connectivity index (χ1n) is 6.34. The molecule has 2 N–H and O–H groups in total. The first-order valence-corrected chi connectivity index (χ1v) is 6.34. The van der Waals surface area contributed by atoms with Gasteiger partial charge in [0.25, 0.3) is 0 Å². The SMILES string of the molecule is CC[C@H](N)C(=O)N(C)CC1CCCN1CC. The van der Waals surface area contributed by atoms with Gasteiger partial charge in [0, 0.05) is 19.6 Å². The van der Waals surface area contributed by atoms with Gasteiger partial charge in [0.05, 0.1) is 6.04 Å². The van der Waals surface area contributed by atoms with Crippen LogP contribution in [0.25, 0.3) is 0 Å². The Labute approximate surface area is 98.8 Å². The van der Waals surface area contributed by atoms with Gasteiger partial charge < -0.3 is 10.6 Å². The van der Waals surface area contributed by atoms with Gasteiger partial charge in [-0.1, -0.05) is 13.8 Å². The third-order valence-electron chi connectivity index (χ3n) is 3.52. The van der Waals surface area contributed by atoms with E-state index in [2.05, 4.69) is 11.8 Å². The van der Waals surface area contributed by atoms with Gasteiger partial charge in [-0.15, -0.1) is 0 Å². The van der Waals surface area contributed by atoms with Gasteiger partial charge in [-0.05, 0) is 32.4 Å². The number of nitrogens with zero attached hydrogens (tertiary/aromatic N) is 2. The summed E-state index contributed by atoms with van der Waals surface area (Å²) in [7, 11) is 1.87. The standard InChI is InChI=1S/C12H25N3O/c1-4-11(13)12(16)14(3)9-10-7-6-8-15(10)5-2/h10-11H,4-9,13H2,1-3H3/t10?,11-/m0/s1. The van der Waals surface area contributed by atoms with E-state index in [0.717, 1.165) is 13.1 Å². The number of likely N-dealkylation sites (tertiary alicyclic amines) is 1. The highest BCUT2D eigenvalue weighted by Crippen LogP contribution is 2.17. The largest absolute Gasteiger partial charge is 0.343 e. The summed E-state index contributed by atoms with van der Waals surface area (Å²) in [6, 6.07) is 0.199. The molecule has 16 heavy (non-hydrogen) atoms. The minimum atomic E-state index is -0.332. The van der Waals surface area contributed by atoms with Crippen molar-refractivity contribution in [3.8, 4) is 0 Å². The van der Waals surface area contributed by atoms with Gasteiger partial charge in [0.2, 0.25) is 5.91 Å². The van der Waals surface area contributed by atoms with Crippen LogP contribution in [0.4, 0.5) is 0 Å². The highest BCUT2D eigenvalue weighted by molar-refractivity contribution is 5.81. The van der Waals surface area contributed by atoms with Gasteiger partial charge in [-0.25, -0.2) is 0 Å². The van der Waals surface area contributed by atoms with E-state index in [-0.39, 0.29) is 11.9 Å². The number of likely N-dealkylation sites (N-methyl/N-ethyl adjacent to an activating group) is 2. The number of hydrogen-bond acceptors (Lipinski definition) is 3. The Bertz CT molecular complexity index is 232. The lowest BCUT2D eigenvalue weighted by Crippen LogP contribution is -2.46. The molecule has 1 amide bonds. The van der Waals surface area contributed by atoms with E-state index in [4.69, 9.17) is 5.73 Å². The van der Waals surface area contributed by atoms with Crippen LogP contribution in [-0.2, 0) is 4.79 Å². The summed E-state index contributed by atoms with van der Waals surface area (Å²) < 4.78 is 0. The van der Waals surface area contributed by atoms with Gasteiger partial charge in [0.15, 0.2) is 0 Å². The average Bonchev–Trinajstić information content (AvgIpc) is 2.74. The Balaban J connectivity index is 2.44. The molecule has 0 aliphatic carbocycles. The van der Waals surface area contributed by atoms with Crippen LogP contribution >= 0.6 is 0 Å². The zero-order valence-corrected chi connectivity index (χ0v) is 10.8. The highest BCUT2D eigenvalue weighted by atomic mass is 16.2. The third-order valence-corrected chi connectivity index (χ3v) is 3.52. The fraction of sp³-hybridized carbons (Fsp3) is 0.917. The molecular weight excluding hydrogens is 202 g/mol. The van der Waals surface area contributed by atoms with E-state index in [1.807, 2.05) is 14.0 Å². The van der Waals surface area contributed by atoms with Crippen molar-refractivity contribution >= 4 is 5.91 Å². The maximum atomic E-state index is 11.8. The van der Waals surface area contributed by atoms with Crippen LogP contribution in [0.5, 0.6) is 0 Å². The van der Waals surface area contributed by atoms with Gasteiger partial charge in [0.1, 0.15) is 0 Å². The molecule has 0 saturated carbocycles. The lowest BCUT2D eigenvalue weighted by Gasteiger charge is -2.29. The molecule has 1 unspecified atom stereocenters. The molecule has 0 aromatic rings. The van der Waals surface area contributed by atoms with E-state index in [9.17, 15) is 4.79 Å². The predicted molar refractivity (Wildman–Crippen MR) is 66.2 cm³/mol. The number of hydrogen-bond donors (Lipinski definition) is 1. The number of carbonyl (C=O) groups is 1. The minimum Gasteiger partial charge on any atom is -0.343 e. The van der Waals surface area contributed by atoms with Crippen LogP contribution < -0.4 is 5.73 Å². The van der Waals surface area contributed by atoms with Crippen LogP contribution in [-0.4, -0.2) is 54.5 Å². The summed E-state index contributed by atoms with van der Waals surface area (Å²) >= 11 is 0. The third kappa shape index (κ3) is 3.19. The highest BCUT2D eigenvalue weighted by Gasteiger charge is 2.26. The molecule has 0 spiro atoms. The molecule has 1 rings (SSSR count). The lowest BCUT2D eigenvalue weighted by molar-refractivity contribution is -0.132. The maximum absolute atomic E-state index is 11.8. The van der Waals surface area contributed by atoms with Crippen molar-refractivity contribution in [3.63, 3.8) is 0 Å². The van der Waals surface area contributed by atoms with E-state index in [0.29, 0.717) is 12.5 Å². The van der Waals surface area contributed by atoms with Crippen LogP contribution in [0.15, 0.2) is 0 Å². The fourth-order valence-electron chi connectivity index (χ4n) is 2.38. The van der Waals surface area contributed by atoms with Crippen LogP contribution in [0.2, 0.25) is 0 Å². The summed E-state index contributed by atoms with van der Waals surface area (Å²) in [6.07, 6.45) is 3.17. The second-order valence-corrected chi connectivity index (χ2v) is 4.66. The zero-order valence-electron chi connectivity index (χ0n) is 10.8. The molecule has 0 aromatic carbocycles. The minimum absolute atomic E-state index is 0.0745. The topological polar surface area (TPSA) is 49.6 Å². The second-order valence-electron chi connectivity index (χ2n) is 4.66. The number of nitrogens with two attached hydrogens (primary N) is 1. The Kier molecular flexibility index (Phi) is 5.22. The van der Waals surface area contributed by atoms with Gasteiger partial charge in [-0.2, -0.15) is 0 Å². The van der Waals surface area contributed by atoms with Gasteiger partial charge in [-0.3, -0.25) is 9.69 Å². The average molecular weight is 227 g/mol. The van der Waals surface area contributed by atoms with Gasteiger partial charge >= 0.3 is 0 Å². The predicted octanol–water partition coefficient (Wildman–Crippen LogP) is 0.666. The van der Waals surface area contributed by atoms with E-state index >= 15 is 0 Å². The van der Waals surface area contributed by atoms with Crippen molar-refractivity contribution in [3.05, 3.63) is 0 Å². The molecule has 94 valence electrons. The van der Waals surface area contributed by atoms with Crippen molar-refractivity contribution in [1.82, 2.24) is 9.80 Å². The monoisotopic (exact) mass is 227 g/mol. The molecule has 0 radical (unpaired) electrons. The molecule has 0 bridgehead atoms. The number of amides is 1. The van der Waals surface area contributed by atoms with E-state index < -0.39 is 0 Å². The molecule has 1 aliphatic heterocycles. The van der Waals surface area contributed by atoms with E-state index in [1.165, 1.54) is 19.4 Å². The summed E-state index contributed by atoms with van der Waals surface area (Å²) in [5.41, 5.74) is 5.75. The molecule has 2 atom stereocenters. The van der Waals surface area contributed by atoms with Crippen molar-refractivity contribution in [1.29, 1.82) is 0 Å². The normalized spacial score (nSPS) is 23.4. The molecule has 1 saturated heterocycles. The number of carbonyl (C=O) groups excluding carboxylic acids is 1. The number of rotatable bonds is 5. The first-order chi connectivity index (χ1) is 7.60. The Morgan fingerprint density at radius 1 is 1.56 bits per heavy atom. The summed E-state index contributed by atoms with van der Waals surface area (Å²) in [5.74, 6) is 0.0745. The molecule has 0 aromatic heterocycles. The van der Waals surface area contributed by atoms with Crippen LogP contribution in [0, 0.1) is 0 Å².